The van der Waals surface area contributed by atoms with Crippen molar-refractivity contribution < 1.29 is 9.53 Å². The highest BCUT2D eigenvalue weighted by atomic mass is 127. The molecule has 16 heavy (non-hydrogen) atoms. The second-order valence-corrected chi connectivity index (χ2v) is 5.84. The summed E-state index contributed by atoms with van der Waals surface area (Å²) in [5, 5.41) is 0. The van der Waals surface area contributed by atoms with Crippen LogP contribution in [0.3, 0.4) is 0 Å². The summed E-state index contributed by atoms with van der Waals surface area (Å²) >= 11 is 2.21. The van der Waals surface area contributed by atoms with E-state index in [2.05, 4.69) is 49.4 Å². The van der Waals surface area contributed by atoms with Gasteiger partial charge >= 0.3 is 0 Å². The highest BCUT2D eigenvalue weighted by Crippen LogP contribution is 2.31. The van der Waals surface area contributed by atoms with Gasteiger partial charge in [0.25, 0.3) is 0 Å². The van der Waals surface area contributed by atoms with E-state index < -0.39 is 0 Å². The third-order valence-electron chi connectivity index (χ3n) is 2.35. The van der Waals surface area contributed by atoms with Gasteiger partial charge in [-0.15, -0.1) is 0 Å². The lowest BCUT2D eigenvalue weighted by Gasteiger charge is -2.21. The third kappa shape index (κ3) is 2.97. The summed E-state index contributed by atoms with van der Waals surface area (Å²) in [5.74, 6) is 0.700. The summed E-state index contributed by atoms with van der Waals surface area (Å²) in [5.41, 5.74) is 1.84. The van der Waals surface area contributed by atoms with Gasteiger partial charge in [-0.05, 0) is 52.6 Å². The van der Waals surface area contributed by atoms with Gasteiger partial charge in [-0.25, -0.2) is 0 Å². The summed E-state index contributed by atoms with van der Waals surface area (Å²) in [6.45, 7) is 8.89. The van der Waals surface area contributed by atoms with E-state index in [9.17, 15) is 4.79 Å². The smallest absolute Gasteiger partial charge is 0.153 e. The highest BCUT2D eigenvalue weighted by molar-refractivity contribution is 14.1. The van der Waals surface area contributed by atoms with Crippen molar-refractivity contribution in [1.82, 2.24) is 0 Å². The van der Waals surface area contributed by atoms with Crippen LogP contribution in [0.4, 0.5) is 0 Å². The minimum absolute atomic E-state index is 0.0441. The van der Waals surface area contributed by atoms with Gasteiger partial charge in [-0.1, -0.05) is 20.8 Å². The van der Waals surface area contributed by atoms with E-state index in [4.69, 9.17) is 4.74 Å². The quantitative estimate of drug-likeness (QED) is 0.622. The van der Waals surface area contributed by atoms with E-state index in [0.29, 0.717) is 17.9 Å². The molecule has 0 N–H and O–H groups in total. The van der Waals surface area contributed by atoms with Crippen LogP contribution in [0.2, 0.25) is 0 Å². The molecular formula is C13H17IO2. The minimum atomic E-state index is 0.0441. The maximum absolute atomic E-state index is 11.1. The third-order valence-corrected chi connectivity index (χ3v) is 3.16. The van der Waals surface area contributed by atoms with Crippen molar-refractivity contribution in [2.45, 2.75) is 33.1 Å². The number of ether oxygens (including phenoxy) is 1. The van der Waals surface area contributed by atoms with Gasteiger partial charge in [0.1, 0.15) is 5.75 Å². The summed E-state index contributed by atoms with van der Waals surface area (Å²) in [7, 11) is 0. The van der Waals surface area contributed by atoms with Crippen LogP contribution in [0, 0.1) is 3.57 Å². The molecule has 0 aliphatic carbocycles. The van der Waals surface area contributed by atoms with Crippen LogP contribution in [0.15, 0.2) is 12.1 Å². The topological polar surface area (TPSA) is 26.3 Å². The fraction of sp³-hybridized carbons (Fsp3) is 0.462. The number of aldehydes is 1. The first-order chi connectivity index (χ1) is 7.40. The lowest BCUT2D eigenvalue weighted by Crippen LogP contribution is -2.12. The second kappa shape index (κ2) is 5.17. The van der Waals surface area contributed by atoms with E-state index in [1.165, 1.54) is 0 Å². The van der Waals surface area contributed by atoms with Crippen LogP contribution >= 0.6 is 22.6 Å². The molecule has 0 fully saturated rings. The SMILES string of the molecule is CCOc1c(I)cc(C(C)(C)C)cc1C=O. The fourth-order valence-electron chi connectivity index (χ4n) is 1.43. The molecule has 1 aromatic rings. The molecule has 0 aromatic heterocycles. The Kier molecular flexibility index (Phi) is 4.35. The van der Waals surface area contributed by atoms with Crippen molar-refractivity contribution in [3.8, 4) is 5.75 Å². The Labute approximate surface area is 111 Å². The Bertz CT molecular complexity index is 392. The zero-order valence-corrected chi connectivity index (χ0v) is 12.3. The Morgan fingerprint density at radius 3 is 2.44 bits per heavy atom. The Hall–Kier alpha value is -0.580. The number of carbonyl (C=O) groups excluding carboxylic acids is 1. The van der Waals surface area contributed by atoms with Crippen molar-refractivity contribution in [2.24, 2.45) is 0 Å². The monoisotopic (exact) mass is 332 g/mol. The number of benzene rings is 1. The predicted molar refractivity (Wildman–Crippen MR) is 74.4 cm³/mol. The lowest BCUT2D eigenvalue weighted by molar-refractivity contribution is 0.111. The molecule has 3 heteroatoms. The Balaban J connectivity index is 3.32. The summed E-state index contributed by atoms with van der Waals surface area (Å²) in [6.07, 6.45) is 0.863. The fourth-order valence-corrected chi connectivity index (χ4v) is 2.23. The van der Waals surface area contributed by atoms with Crippen LogP contribution in [0.25, 0.3) is 0 Å². The zero-order chi connectivity index (χ0) is 12.3. The lowest BCUT2D eigenvalue weighted by atomic mass is 9.86. The Morgan fingerprint density at radius 2 is 2.00 bits per heavy atom. The predicted octanol–water partition coefficient (Wildman–Crippen LogP) is 3.80. The van der Waals surface area contributed by atoms with Gasteiger partial charge in [0, 0.05) is 0 Å². The van der Waals surface area contributed by atoms with Crippen molar-refractivity contribution in [2.75, 3.05) is 6.61 Å². The molecule has 0 unspecified atom stereocenters. The number of hydrogen-bond acceptors (Lipinski definition) is 2. The molecule has 0 amide bonds. The average Bonchev–Trinajstić information content (AvgIpc) is 2.19. The summed E-state index contributed by atoms with van der Waals surface area (Å²) in [6, 6.07) is 4.00. The van der Waals surface area contributed by atoms with Crippen molar-refractivity contribution >= 4 is 28.9 Å². The molecule has 0 saturated heterocycles. The van der Waals surface area contributed by atoms with Gasteiger partial charge in [0.2, 0.25) is 0 Å². The van der Waals surface area contributed by atoms with E-state index >= 15 is 0 Å². The number of hydrogen-bond donors (Lipinski definition) is 0. The molecule has 0 bridgehead atoms. The molecule has 0 spiro atoms. The van der Waals surface area contributed by atoms with Crippen molar-refractivity contribution in [3.63, 3.8) is 0 Å². The van der Waals surface area contributed by atoms with Gasteiger partial charge in [-0.3, -0.25) is 4.79 Å². The molecule has 2 nitrogen and oxygen atoms in total. The molecule has 0 heterocycles. The zero-order valence-electron chi connectivity index (χ0n) is 10.1. The van der Waals surface area contributed by atoms with Crippen LogP contribution in [0.1, 0.15) is 43.6 Å². The first-order valence-electron chi connectivity index (χ1n) is 5.32. The van der Waals surface area contributed by atoms with Gasteiger partial charge in [0.05, 0.1) is 15.7 Å². The summed E-state index contributed by atoms with van der Waals surface area (Å²) in [4.78, 5) is 11.1. The molecule has 0 radical (unpaired) electrons. The summed E-state index contributed by atoms with van der Waals surface area (Å²) < 4.78 is 6.48. The first kappa shape index (κ1) is 13.5. The molecule has 0 aliphatic rings. The number of halogens is 1. The van der Waals surface area contributed by atoms with Gasteiger partial charge < -0.3 is 4.74 Å². The molecule has 0 saturated carbocycles. The van der Waals surface area contributed by atoms with Gasteiger partial charge in [0.15, 0.2) is 6.29 Å². The van der Waals surface area contributed by atoms with Crippen LogP contribution in [-0.2, 0) is 5.41 Å². The molecule has 1 aromatic carbocycles. The molecule has 1 rings (SSSR count). The highest BCUT2D eigenvalue weighted by Gasteiger charge is 2.18. The van der Waals surface area contributed by atoms with Crippen molar-refractivity contribution in [1.29, 1.82) is 0 Å². The minimum Gasteiger partial charge on any atom is -0.492 e. The first-order valence-corrected chi connectivity index (χ1v) is 6.40. The van der Waals surface area contributed by atoms with Crippen molar-refractivity contribution in [3.05, 3.63) is 26.8 Å². The molecule has 0 atom stereocenters. The van der Waals surface area contributed by atoms with E-state index in [-0.39, 0.29) is 5.41 Å². The standard InChI is InChI=1S/C13H17IO2/c1-5-16-12-9(8-15)6-10(7-11(12)14)13(2,3)4/h6-8H,5H2,1-4H3. The van der Waals surface area contributed by atoms with Crippen LogP contribution in [0.5, 0.6) is 5.75 Å². The maximum Gasteiger partial charge on any atom is 0.153 e. The van der Waals surface area contributed by atoms with E-state index in [1.807, 2.05) is 13.0 Å². The largest absolute Gasteiger partial charge is 0.492 e. The second-order valence-electron chi connectivity index (χ2n) is 4.68. The van der Waals surface area contributed by atoms with E-state index in [1.54, 1.807) is 0 Å². The van der Waals surface area contributed by atoms with E-state index in [0.717, 1.165) is 15.4 Å². The van der Waals surface area contributed by atoms with Crippen LogP contribution < -0.4 is 4.74 Å². The molecule has 0 aliphatic heterocycles. The molecule has 88 valence electrons. The van der Waals surface area contributed by atoms with Crippen LogP contribution in [-0.4, -0.2) is 12.9 Å². The maximum atomic E-state index is 11.1. The normalized spacial score (nSPS) is 11.3. The molecular weight excluding hydrogens is 315 g/mol. The average molecular weight is 332 g/mol. The van der Waals surface area contributed by atoms with Gasteiger partial charge in [-0.2, -0.15) is 0 Å². The Morgan fingerprint density at radius 1 is 1.38 bits per heavy atom. The number of rotatable bonds is 3. The number of carbonyl (C=O) groups is 1.